The van der Waals surface area contributed by atoms with E-state index in [1.165, 1.54) is 5.56 Å². The van der Waals surface area contributed by atoms with Crippen LogP contribution in [0.5, 0.6) is 0 Å². The molecular formula is C10H11LiNO2+. The summed E-state index contributed by atoms with van der Waals surface area (Å²) in [4.78, 5) is 10.7. The van der Waals surface area contributed by atoms with Crippen molar-refractivity contribution in [2.24, 2.45) is 0 Å². The third-order valence-corrected chi connectivity index (χ3v) is 2.06. The number of benzene rings is 1. The number of hydrogen-bond acceptors (Lipinski definition) is 2. The first kappa shape index (κ1) is 11.2. The van der Waals surface area contributed by atoms with Crippen LogP contribution in [0.2, 0.25) is 0 Å². The quantitative estimate of drug-likeness (QED) is 0.559. The van der Waals surface area contributed by atoms with E-state index in [4.69, 9.17) is 4.74 Å². The van der Waals surface area contributed by atoms with Gasteiger partial charge in [0.1, 0.15) is 6.61 Å². The second-order valence-electron chi connectivity index (χ2n) is 3.13. The number of carbonyl (C=O) groups is 1. The van der Waals surface area contributed by atoms with E-state index >= 15 is 0 Å². The van der Waals surface area contributed by atoms with Crippen LogP contribution in [0.4, 0.5) is 4.79 Å². The molecule has 0 unspecified atom stereocenters. The summed E-state index contributed by atoms with van der Waals surface area (Å²) in [6, 6.07) is 10.2. The molecule has 1 aliphatic rings. The van der Waals surface area contributed by atoms with Crippen LogP contribution in [0.3, 0.4) is 0 Å². The van der Waals surface area contributed by atoms with E-state index in [1.807, 2.05) is 30.3 Å². The largest absolute Gasteiger partial charge is 1.00 e. The summed E-state index contributed by atoms with van der Waals surface area (Å²) >= 11 is 0. The second-order valence-corrected chi connectivity index (χ2v) is 3.13. The van der Waals surface area contributed by atoms with Crippen LogP contribution in [0.15, 0.2) is 30.3 Å². The molecule has 1 heterocycles. The molecule has 4 heteroatoms. The summed E-state index contributed by atoms with van der Waals surface area (Å²) in [6.07, 6.45) is 0.535. The van der Waals surface area contributed by atoms with Crippen molar-refractivity contribution in [2.45, 2.75) is 12.5 Å². The molecule has 2 rings (SSSR count). The van der Waals surface area contributed by atoms with E-state index in [0.717, 1.165) is 6.42 Å². The van der Waals surface area contributed by atoms with Gasteiger partial charge in [0.05, 0.1) is 6.04 Å². The third kappa shape index (κ3) is 2.80. The molecular weight excluding hydrogens is 173 g/mol. The molecule has 0 aliphatic carbocycles. The van der Waals surface area contributed by atoms with Crippen LogP contribution in [0.1, 0.15) is 5.56 Å². The third-order valence-electron chi connectivity index (χ3n) is 2.06. The fourth-order valence-corrected chi connectivity index (χ4v) is 1.43. The number of carbonyl (C=O) groups excluding carboxylic acids is 1. The Labute approximate surface area is 95.0 Å². The van der Waals surface area contributed by atoms with Gasteiger partial charge in [0.25, 0.3) is 0 Å². The van der Waals surface area contributed by atoms with Gasteiger partial charge in [-0.2, -0.15) is 0 Å². The fraction of sp³-hybridized carbons (Fsp3) is 0.300. The molecule has 1 N–H and O–H groups in total. The second kappa shape index (κ2) is 5.09. The molecule has 0 bridgehead atoms. The zero-order valence-corrected chi connectivity index (χ0v) is 8.19. The van der Waals surface area contributed by atoms with Gasteiger partial charge in [-0.05, 0) is 12.0 Å². The average Bonchev–Trinajstić information content (AvgIpc) is 2.53. The molecule has 1 amide bonds. The van der Waals surface area contributed by atoms with Gasteiger partial charge >= 0.3 is 25.0 Å². The van der Waals surface area contributed by atoms with Crippen molar-refractivity contribution in [1.29, 1.82) is 0 Å². The molecule has 1 aliphatic heterocycles. The Bertz CT molecular complexity index is 302. The van der Waals surface area contributed by atoms with Gasteiger partial charge in [0.15, 0.2) is 0 Å². The molecule has 14 heavy (non-hydrogen) atoms. The Hall–Kier alpha value is -0.913. The zero-order chi connectivity index (χ0) is 9.10. The molecule has 1 fully saturated rings. The van der Waals surface area contributed by atoms with E-state index in [-0.39, 0.29) is 31.0 Å². The number of nitrogens with one attached hydrogen (secondary N) is 1. The maximum absolute atomic E-state index is 10.7. The van der Waals surface area contributed by atoms with Crippen molar-refractivity contribution in [1.82, 2.24) is 5.32 Å². The molecule has 0 aromatic heterocycles. The summed E-state index contributed by atoms with van der Waals surface area (Å²) in [5.74, 6) is 0. The summed E-state index contributed by atoms with van der Waals surface area (Å²) in [5, 5.41) is 2.74. The van der Waals surface area contributed by atoms with Crippen LogP contribution >= 0.6 is 0 Å². The van der Waals surface area contributed by atoms with Crippen LogP contribution in [0.25, 0.3) is 0 Å². The van der Waals surface area contributed by atoms with Gasteiger partial charge in [0.2, 0.25) is 0 Å². The summed E-state index contributed by atoms with van der Waals surface area (Å²) in [5.41, 5.74) is 1.22. The molecule has 0 saturated carbocycles. The van der Waals surface area contributed by atoms with E-state index in [2.05, 4.69) is 5.32 Å². The standard InChI is InChI=1S/C10H11NO2.Li/c12-10-11-9(7-13-10)6-8-4-2-1-3-5-8;/h1-5,9H,6-7H2,(H,11,12);/q;+1/t9-;/m0./s1. The predicted octanol–water partition coefficient (Wildman–Crippen LogP) is -1.66. The Morgan fingerprint density at radius 1 is 1.36 bits per heavy atom. The Balaban J connectivity index is 0.000000980. The first-order chi connectivity index (χ1) is 6.34. The fourth-order valence-electron chi connectivity index (χ4n) is 1.43. The summed E-state index contributed by atoms with van der Waals surface area (Å²) in [7, 11) is 0. The van der Waals surface area contributed by atoms with Crippen molar-refractivity contribution in [2.75, 3.05) is 6.61 Å². The minimum atomic E-state index is -0.305. The van der Waals surface area contributed by atoms with Crippen LogP contribution in [0, 0.1) is 0 Å². The van der Waals surface area contributed by atoms with Gasteiger partial charge in [-0.1, -0.05) is 30.3 Å². The molecule has 0 radical (unpaired) electrons. The van der Waals surface area contributed by atoms with Gasteiger partial charge < -0.3 is 10.1 Å². The number of rotatable bonds is 2. The maximum atomic E-state index is 10.7. The first-order valence-electron chi connectivity index (χ1n) is 4.32. The molecule has 1 saturated heterocycles. The number of alkyl carbamates (subject to hydrolysis) is 1. The monoisotopic (exact) mass is 184 g/mol. The maximum Gasteiger partial charge on any atom is 1.00 e. The van der Waals surface area contributed by atoms with Crippen molar-refractivity contribution in [3.8, 4) is 0 Å². The van der Waals surface area contributed by atoms with E-state index in [1.54, 1.807) is 0 Å². The minimum absolute atomic E-state index is 0. The molecule has 1 aromatic rings. The summed E-state index contributed by atoms with van der Waals surface area (Å²) in [6.45, 7) is 0.480. The topological polar surface area (TPSA) is 38.3 Å². The Morgan fingerprint density at radius 2 is 2.07 bits per heavy atom. The van der Waals surface area contributed by atoms with Crippen molar-refractivity contribution < 1.29 is 28.4 Å². The summed E-state index contributed by atoms with van der Waals surface area (Å²) < 4.78 is 4.79. The molecule has 1 aromatic carbocycles. The average molecular weight is 184 g/mol. The van der Waals surface area contributed by atoms with Crippen LogP contribution in [-0.4, -0.2) is 18.7 Å². The van der Waals surface area contributed by atoms with Crippen molar-refractivity contribution >= 4 is 6.09 Å². The number of ether oxygens (including phenoxy) is 1. The van der Waals surface area contributed by atoms with E-state index in [9.17, 15) is 4.79 Å². The van der Waals surface area contributed by atoms with Crippen molar-refractivity contribution in [3.05, 3.63) is 35.9 Å². The van der Waals surface area contributed by atoms with Gasteiger partial charge in [-0.3, -0.25) is 0 Å². The van der Waals surface area contributed by atoms with Crippen LogP contribution in [-0.2, 0) is 11.2 Å². The number of amides is 1. The number of cyclic esters (lactones) is 1. The van der Waals surface area contributed by atoms with Gasteiger partial charge in [-0.15, -0.1) is 0 Å². The Kier molecular flexibility index (Phi) is 4.06. The SMILES string of the molecule is O=C1N[C@@H](Cc2ccccc2)CO1.[Li+]. The van der Waals surface area contributed by atoms with E-state index < -0.39 is 0 Å². The normalized spacial score (nSPS) is 19.4. The van der Waals surface area contributed by atoms with Crippen molar-refractivity contribution in [3.63, 3.8) is 0 Å². The molecule has 1 atom stereocenters. The smallest absolute Gasteiger partial charge is 0.447 e. The zero-order valence-electron chi connectivity index (χ0n) is 8.19. The van der Waals surface area contributed by atoms with Crippen LogP contribution < -0.4 is 24.2 Å². The predicted molar refractivity (Wildman–Crippen MR) is 48.4 cm³/mol. The van der Waals surface area contributed by atoms with Gasteiger partial charge in [-0.25, -0.2) is 4.79 Å². The Morgan fingerprint density at radius 3 is 2.64 bits per heavy atom. The van der Waals surface area contributed by atoms with Gasteiger partial charge in [0, 0.05) is 0 Å². The van der Waals surface area contributed by atoms with E-state index in [0.29, 0.717) is 6.61 Å². The minimum Gasteiger partial charge on any atom is -0.447 e. The molecule has 68 valence electrons. The number of hydrogen-bond donors (Lipinski definition) is 1. The molecule has 0 spiro atoms. The molecule has 3 nitrogen and oxygen atoms in total. The first-order valence-corrected chi connectivity index (χ1v) is 4.32.